The van der Waals surface area contributed by atoms with Crippen LogP contribution in [-0.2, 0) is 17.6 Å². The van der Waals surface area contributed by atoms with Gasteiger partial charge in [-0.25, -0.2) is 0 Å². The quantitative estimate of drug-likeness (QED) is 0.812. The SMILES string of the molecule is COc1cc(CC(=O)N2[C@H]3CC[C@H]2c2cccnc2C3)cc(OC)c1OC. The molecule has 1 saturated heterocycles. The highest BCUT2D eigenvalue weighted by Gasteiger charge is 2.42. The summed E-state index contributed by atoms with van der Waals surface area (Å²) >= 11 is 0. The van der Waals surface area contributed by atoms with Crippen LogP contribution in [0.2, 0.25) is 0 Å². The van der Waals surface area contributed by atoms with Gasteiger partial charge in [0.05, 0.1) is 33.8 Å². The summed E-state index contributed by atoms with van der Waals surface area (Å²) in [4.78, 5) is 19.8. The van der Waals surface area contributed by atoms with E-state index in [1.165, 1.54) is 5.56 Å². The molecule has 2 aliphatic heterocycles. The van der Waals surface area contributed by atoms with Crippen LogP contribution in [0.4, 0.5) is 0 Å². The normalized spacial score (nSPS) is 20.2. The van der Waals surface area contributed by atoms with Crippen molar-refractivity contribution in [3.63, 3.8) is 0 Å². The van der Waals surface area contributed by atoms with E-state index in [0.717, 1.165) is 30.5 Å². The Morgan fingerprint density at radius 2 is 1.89 bits per heavy atom. The van der Waals surface area contributed by atoms with Gasteiger partial charge in [0.2, 0.25) is 11.7 Å². The molecule has 1 amide bonds. The molecule has 0 spiro atoms. The second-order valence-corrected chi connectivity index (χ2v) is 7.00. The first-order valence-electron chi connectivity index (χ1n) is 9.20. The molecule has 0 N–H and O–H groups in total. The van der Waals surface area contributed by atoms with Crippen molar-refractivity contribution in [3.05, 3.63) is 47.3 Å². The molecule has 1 aromatic carbocycles. The first-order valence-corrected chi connectivity index (χ1v) is 9.20. The number of benzene rings is 1. The predicted octanol–water partition coefficient (Wildman–Crippen LogP) is 2.94. The molecule has 2 aliphatic rings. The number of hydrogen-bond acceptors (Lipinski definition) is 5. The molecule has 27 heavy (non-hydrogen) atoms. The van der Waals surface area contributed by atoms with Crippen LogP contribution in [0.25, 0.3) is 0 Å². The second kappa shape index (κ2) is 7.10. The van der Waals surface area contributed by atoms with Crippen molar-refractivity contribution in [2.45, 2.75) is 37.8 Å². The van der Waals surface area contributed by atoms with Gasteiger partial charge >= 0.3 is 0 Å². The van der Waals surface area contributed by atoms with Gasteiger partial charge in [0.15, 0.2) is 11.5 Å². The highest BCUT2D eigenvalue weighted by molar-refractivity contribution is 5.81. The van der Waals surface area contributed by atoms with Crippen molar-refractivity contribution >= 4 is 5.91 Å². The van der Waals surface area contributed by atoms with Crippen LogP contribution >= 0.6 is 0 Å². The number of nitrogens with zero attached hydrogens (tertiary/aromatic N) is 2. The summed E-state index contributed by atoms with van der Waals surface area (Å²) in [5.74, 6) is 1.80. The lowest BCUT2D eigenvalue weighted by Crippen LogP contribution is -2.42. The predicted molar refractivity (Wildman–Crippen MR) is 100 cm³/mol. The Bertz CT molecular complexity index is 842. The molecule has 0 radical (unpaired) electrons. The molecule has 142 valence electrons. The fourth-order valence-electron chi connectivity index (χ4n) is 4.42. The first kappa shape index (κ1) is 17.6. The largest absolute Gasteiger partial charge is 0.493 e. The third-order valence-corrected chi connectivity index (χ3v) is 5.58. The van der Waals surface area contributed by atoms with Gasteiger partial charge in [-0.3, -0.25) is 9.78 Å². The van der Waals surface area contributed by atoms with E-state index in [1.54, 1.807) is 21.3 Å². The van der Waals surface area contributed by atoms with Crippen LogP contribution in [0.1, 0.15) is 35.7 Å². The van der Waals surface area contributed by atoms with E-state index < -0.39 is 0 Å². The zero-order valence-electron chi connectivity index (χ0n) is 15.9. The number of amides is 1. The average Bonchev–Trinajstić information content (AvgIpc) is 3.02. The molecular weight excluding hydrogens is 344 g/mol. The standard InChI is InChI=1S/C21H24N2O4/c1-25-18-9-13(10-19(26-2)21(18)27-3)11-20(24)23-14-6-7-17(23)15-5-4-8-22-16(15)12-14/h4-5,8-10,14,17H,6-7,11-12H2,1-3H3/t14-,17-/m0/s1. The number of hydrogen-bond donors (Lipinski definition) is 0. The topological polar surface area (TPSA) is 60.9 Å². The molecule has 6 heteroatoms. The van der Waals surface area contributed by atoms with Gasteiger partial charge in [-0.15, -0.1) is 0 Å². The van der Waals surface area contributed by atoms with Crippen LogP contribution in [0.3, 0.4) is 0 Å². The minimum Gasteiger partial charge on any atom is -0.493 e. The van der Waals surface area contributed by atoms with Crippen LogP contribution < -0.4 is 14.2 Å². The summed E-state index contributed by atoms with van der Waals surface area (Å²) in [6.07, 6.45) is 5.02. The van der Waals surface area contributed by atoms with Crippen LogP contribution in [0, 0.1) is 0 Å². The molecule has 1 aromatic heterocycles. The minimum absolute atomic E-state index is 0.131. The number of carbonyl (C=O) groups is 1. The molecule has 0 aliphatic carbocycles. The third-order valence-electron chi connectivity index (χ3n) is 5.58. The second-order valence-electron chi connectivity index (χ2n) is 7.00. The number of aromatic nitrogens is 1. The summed E-state index contributed by atoms with van der Waals surface area (Å²) in [5, 5.41) is 0. The van der Waals surface area contributed by atoms with Gasteiger partial charge in [-0.1, -0.05) is 6.07 Å². The molecule has 2 aromatic rings. The van der Waals surface area contributed by atoms with Crippen molar-refractivity contribution < 1.29 is 19.0 Å². The lowest BCUT2D eigenvalue weighted by atomic mass is 9.97. The Morgan fingerprint density at radius 3 is 2.56 bits per heavy atom. The molecule has 2 atom stereocenters. The summed E-state index contributed by atoms with van der Waals surface area (Å²) in [6, 6.07) is 8.14. The smallest absolute Gasteiger partial charge is 0.227 e. The number of rotatable bonds is 5. The maximum atomic E-state index is 13.2. The Kier molecular flexibility index (Phi) is 4.64. The van der Waals surface area contributed by atoms with Gasteiger partial charge in [-0.2, -0.15) is 0 Å². The number of pyridine rings is 1. The molecule has 0 saturated carbocycles. The zero-order chi connectivity index (χ0) is 19.0. The maximum Gasteiger partial charge on any atom is 0.227 e. The highest BCUT2D eigenvalue weighted by atomic mass is 16.5. The average molecular weight is 368 g/mol. The van der Waals surface area contributed by atoms with E-state index >= 15 is 0 Å². The molecule has 2 bridgehead atoms. The minimum atomic E-state index is 0.131. The fourth-order valence-corrected chi connectivity index (χ4v) is 4.42. The molecular formula is C21H24N2O4. The number of carbonyl (C=O) groups excluding carboxylic acids is 1. The zero-order valence-corrected chi connectivity index (χ0v) is 15.9. The first-order chi connectivity index (χ1) is 13.2. The number of fused-ring (bicyclic) bond motifs is 4. The Labute approximate surface area is 159 Å². The van der Waals surface area contributed by atoms with Crippen molar-refractivity contribution in [1.82, 2.24) is 9.88 Å². The summed E-state index contributed by atoms with van der Waals surface area (Å²) < 4.78 is 16.2. The van der Waals surface area contributed by atoms with Gasteiger partial charge in [0.1, 0.15) is 0 Å². The van der Waals surface area contributed by atoms with Crippen molar-refractivity contribution in [3.8, 4) is 17.2 Å². The Balaban J connectivity index is 1.60. The molecule has 3 heterocycles. The molecule has 0 unspecified atom stereocenters. The molecule has 4 rings (SSSR count). The van der Waals surface area contributed by atoms with Gasteiger partial charge in [-0.05, 0) is 42.2 Å². The van der Waals surface area contributed by atoms with E-state index in [-0.39, 0.29) is 18.0 Å². The lowest BCUT2D eigenvalue weighted by molar-refractivity contribution is -0.134. The number of ether oxygens (including phenoxy) is 3. The molecule has 6 nitrogen and oxygen atoms in total. The van der Waals surface area contributed by atoms with Crippen molar-refractivity contribution in [2.24, 2.45) is 0 Å². The molecule has 1 fully saturated rings. The fraction of sp³-hybridized carbons (Fsp3) is 0.429. The monoisotopic (exact) mass is 368 g/mol. The summed E-state index contributed by atoms with van der Waals surface area (Å²) in [5.41, 5.74) is 3.19. The lowest BCUT2D eigenvalue weighted by Gasteiger charge is -2.36. The van der Waals surface area contributed by atoms with Crippen LogP contribution in [0.5, 0.6) is 17.2 Å². The third kappa shape index (κ3) is 2.99. The summed E-state index contributed by atoms with van der Waals surface area (Å²) in [7, 11) is 4.73. The van der Waals surface area contributed by atoms with E-state index in [4.69, 9.17) is 14.2 Å². The van der Waals surface area contributed by atoms with Gasteiger partial charge < -0.3 is 19.1 Å². The number of methoxy groups -OCH3 is 3. The highest BCUT2D eigenvalue weighted by Crippen LogP contribution is 2.44. The summed E-state index contributed by atoms with van der Waals surface area (Å²) in [6.45, 7) is 0. The van der Waals surface area contributed by atoms with Crippen molar-refractivity contribution in [2.75, 3.05) is 21.3 Å². The maximum absolute atomic E-state index is 13.2. The van der Waals surface area contributed by atoms with Gasteiger partial charge in [0.25, 0.3) is 0 Å². The van der Waals surface area contributed by atoms with Gasteiger partial charge in [0, 0.05) is 24.4 Å². The van der Waals surface area contributed by atoms with Crippen molar-refractivity contribution in [1.29, 1.82) is 0 Å². The van der Waals surface area contributed by atoms with Crippen LogP contribution in [-0.4, -0.2) is 43.2 Å². The van der Waals surface area contributed by atoms with E-state index in [9.17, 15) is 4.79 Å². The Morgan fingerprint density at radius 1 is 1.15 bits per heavy atom. The Hall–Kier alpha value is -2.76. The van der Waals surface area contributed by atoms with E-state index in [0.29, 0.717) is 23.7 Å². The van der Waals surface area contributed by atoms with E-state index in [1.807, 2.05) is 24.4 Å². The van der Waals surface area contributed by atoms with E-state index in [2.05, 4.69) is 16.0 Å². The van der Waals surface area contributed by atoms with Crippen LogP contribution in [0.15, 0.2) is 30.5 Å².